The van der Waals surface area contributed by atoms with Gasteiger partial charge in [0, 0.05) is 29.4 Å². The van der Waals surface area contributed by atoms with Crippen molar-refractivity contribution in [2.75, 3.05) is 7.05 Å². The van der Waals surface area contributed by atoms with Gasteiger partial charge in [-0.2, -0.15) is 0 Å². The highest BCUT2D eigenvalue weighted by Gasteiger charge is 2.22. The Kier molecular flexibility index (Phi) is 2.37. The van der Waals surface area contributed by atoms with Gasteiger partial charge in [0.15, 0.2) is 0 Å². The summed E-state index contributed by atoms with van der Waals surface area (Å²) in [7, 11) is 1.71. The van der Waals surface area contributed by atoms with E-state index in [9.17, 15) is 4.79 Å². The van der Waals surface area contributed by atoms with Crippen LogP contribution >= 0.6 is 11.6 Å². The standard InChI is InChI=1S/C12H10ClNO/c1-8-11(7-12(15)14(8)2)9-3-5-10(13)6-4-9/h3-7H,1H2,2H3. The summed E-state index contributed by atoms with van der Waals surface area (Å²) in [6, 6.07) is 7.36. The van der Waals surface area contributed by atoms with Gasteiger partial charge in [0.25, 0.3) is 5.91 Å². The van der Waals surface area contributed by atoms with Crippen LogP contribution in [0.15, 0.2) is 42.6 Å². The number of likely N-dealkylation sites (N-methyl/N-ethyl adjacent to an activating group) is 1. The first kappa shape index (κ1) is 9.99. The zero-order valence-corrected chi connectivity index (χ0v) is 9.08. The highest BCUT2D eigenvalue weighted by Crippen LogP contribution is 2.29. The molecule has 0 aliphatic carbocycles. The Morgan fingerprint density at radius 3 is 2.33 bits per heavy atom. The lowest BCUT2D eigenvalue weighted by Gasteiger charge is -2.12. The number of amides is 1. The smallest absolute Gasteiger partial charge is 0.251 e. The molecule has 1 heterocycles. The lowest BCUT2D eigenvalue weighted by atomic mass is 10.1. The minimum Gasteiger partial charge on any atom is -0.312 e. The molecular formula is C12H10ClNO. The summed E-state index contributed by atoms with van der Waals surface area (Å²) in [6.45, 7) is 3.87. The van der Waals surface area contributed by atoms with Crippen molar-refractivity contribution >= 4 is 23.1 Å². The van der Waals surface area contributed by atoms with E-state index in [1.807, 2.05) is 12.1 Å². The van der Waals surface area contributed by atoms with Crippen molar-refractivity contribution < 1.29 is 4.79 Å². The molecule has 3 heteroatoms. The molecule has 0 N–H and O–H groups in total. The van der Waals surface area contributed by atoms with Crippen LogP contribution in [-0.4, -0.2) is 17.9 Å². The number of allylic oxidation sites excluding steroid dienone is 1. The SMILES string of the molecule is C=C1C(c2ccc(Cl)cc2)=CC(=O)N1C. The fraction of sp³-hybridized carbons (Fsp3) is 0.0833. The van der Waals surface area contributed by atoms with E-state index in [4.69, 9.17) is 11.6 Å². The second kappa shape index (κ2) is 3.55. The van der Waals surface area contributed by atoms with Gasteiger partial charge in [0.2, 0.25) is 0 Å². The maximum absolute atomic E-state index is 11.4. The molecule has 0 spiro atoms. The van der Waals surface area contributed by atoms with Crippen LogP contribution in [0.2, 0.25) is 5.02 Å². The first-order chi connectivity index (χ1) is 7.09. The fourth-order valence-electron chi connectivity index (χ4n) is 1.50. The Balaban J connectivity index is 2.41. The highest BCUT2D eigenvalue weighted by atomic mass is 35.5. The van der Waals surface area contributed by atoms with E-state index < -0.39 is 0 Å². The highest BCUT2D eigenvalue weighted by molar-refractivity contribution is 6.30. The number of hydrogen-bond acceptors (Lipinski definition) is 1. The summed E-state index contributed by atoms with van der Waals surface area (Å²) >= 11 is 5.79. The predicted octanol–water partition coefficient (Wildman–Crippen LogP) is 2.71. The van der Waals surface area contributed by atoms with Crippen LogP contribution in [0.25, 0.3) is 5.57 Å². The van der Waals surface area contributed by atoms with Crippen LogP contribution in [0.1, 0.15) is 5.56 Å². The number of benzene rings is 1. The minimum absolute atomic E-state index is 0.0371. The Bertz CT molecular complexity index is 459. The molecule has 0 atom stereocenters. The Labute approximate surface area is 93.5 Å². The lowest BCUT2D eigenvalue weighted by Crippen LogP contribution is -2.17. The molecule has 2 rings (SSSR count). The topological polar surface area (TPSA) is 20.3 Å². The quantitative estimate of drug-likeness (QED) is 0.711. The van der Waals surface area contributed by atoms with Gasteiger partial charge in [-0.1, -0.05) is 30.3 Å². The van der Waals surface area contributed by atoms with Gasteiger partial charge in [0.1, 0.15) is 0 Å². The lowest BCUT2D eigenvalue weighted by molar-refractivity contribution is -0.122. The van der Waals surface area contributed by atoms with Crippen LogP contribution < -0.4 is 0 Å². The van der Waals surface area contributed by atoms with Crippen molar-refractivity contribution in [3.05, 3.63) is 53.2 Å². The summed E-state index contributed by atoms with van der Waals surface area (Å²) in [5.74, 6) is -0.0371. The normalized spacial score (nSPS) is 15.9. The van der Waals surface area contributed by atoms with Gasteiger partial charge >= 0.3 is 0 Å². The van der Waals surface area contributed by atoms with Gasteiger partial charge in [-0.05, 0) is 17.7 Å². The van der Waals surface area contributed by atoms with E-state index in [2.05, 4.69) is 6.58 Å². The number of rotatable bonds is 1. The summed E-state index contributed by atoms with van der Waals surface area (Å²) in [4.78, 5) is 12.9. The molecule has 0 fully saturated rings. The van der Waals surface area contributed by atoms with Gasteiger partial charge < -0.3 is 4.90 Å². The first-order valence-electron chi connectivity index (χ1n) is 4.54. The molecule has 1 aliphatic rings. The van der Waals surface area contributed by atoms with E-state index in [0.717, 1.165) is 16.8 Å². The summed E-state index contributed by atoms with van der Waals surface area (Å²) in [5.41, 5.74) is 2.54. The van der Waals surface area contributed by atoms with Gasteiger partial charge in [-0.3, -0.25) is 4.79 Å². The van der Waals surface area contributed by atoms with E-state index in [1.54, 1.807) is 25.3 Å². The molecule has 1 aliphatic heterocycles. The largest absolute Gasteiger partial charge is 0.312 e. The third-order valence-electron chi connectivity index (χ3n) is 2.47. The Morgan fingerprint density at radius 2 is 1.87 bits per heavy atom. The number of carbonyl (C=O) groups excluding carboxylic acids is 1. The van der Waals surface area contributed by atoms with Crippen LogP contribution in [0.4, 0.5) is 0 Å². The van der Waals surface area contributed by atoms with Crippen LogP contribution in [0.5, 0.6) is 0 Å². The molecule has 0 aromatic heterocycles. The predicted molar refractivity (Wildman–Crippen MR) is 61.3 cm³/mol. The summed E-state index contributed by atoms with van der Waals surface area (Å²) in [5, 5.41) is 0.683. The summed E-state index contributed by atoms with van der Waals surface area (Å²) in [6.07, 6.45) is 1.59. The maximum Gasteiger partial charge on any atom is 0.251 e. The molecule has 0 radical (unpaired) electrons. The fourth-order valence-corrected chi connectivity index (χ4v) is 1.62. The molecular weight excluding hydrogens is 210 g/mol. The minimum atomic E-state index is -0.0371. The number of halogens is 1. The average Bonchev–Trinajstić information content (AvgIpc) is 2.47. The van der Waals surface area contributed by atoms with E-state index >= 15 is 0 Å². The summed E-state index contributed by atoms with van der Waals surface area (Å²) < 4.78 is 0. The molecule has 76 valence electrons. The number of hydrogen-bond donors (Lipinski definition) is 0. The third kappa shape index (κ3) is 1.68. The molecule has 2 nitrogen and oxygen atoms in total. The van der Waals surface area contributed by atoms with Crippen molar-refractivity contribution in [2.45, 2.75) is 0 Å². The molecule has 1 amide bonds. The monoisotopic (exact) mass is 219 g/mol. The number of nitrogens with zero attached hydrogens (tertiary/aromatic N) is 1. The molecule has 0 saturated heterocycles. The second-order valence-corrected chi connectivity index (χ2v) is 3.85. The Hall–Kier alpha value is -1.54. The van der Waals surface area contributed by atoms with Gasteiger partial charge in [-0.15, -0.1) is 0 Å². The third-order valence-corrected chi connectivity index (χ3v) is 2.72. The zero-order chi connectivity index (χ0) is 11.0. The average molecular weight is 220 g/mol. The van der Waals surface area contributed by atoms with Crippen LogP contribution in [-0.2, 0) is 4.79 Å². The number of carbonyl (C=O) groups is 1. The van der Waals surface area contributed by atoms with E-state index in [0.29, 0.717) is 5.02 Å². The van der Waals surface area contributed by atoms with Crippen molar-refractivity contribution in [1.29, 1.82) is 0 Å². The molecule has 15 heavy (non-hydrogen) atoms. The first-order valence-corrected chi connectivity index (χ1v) is 4.92. The van der Waals surface area contributed by atoms with Gasteiger partial charge in [0.05, 0.1) is 0 Å². The van der Waals surface area contributed by atoms with Gasteiger partial charge in [-0.25, -0.2) is 0 Å². The molecule has 1 aromatic carbocycles. The molecule has 0 unspecified atom stereocenters. The van der Waals surface area contributed by atoms with Crippen LogP contribution in [0, 0.1) is 0 Å². The van der Waals surface area contributed by atoms with Crippen molar-refractivity contribution in [3.8, 4) is 0 Å². The van der Waals surface area contributed by atoms with Crippen molar-refractivity contribution in [3.63, 3.8) is 0 Å². The molecule has 0 bridgehead atoms. The maximum atomic E-state index is 11.4. The van der Waals surface area contributed by atoms with E-state index in [1.165, 1.54) is 4.90 Å². The molecule has 1 aromatic rings. The van der Waals surface area contributed by atoms with Crippen molar-refractivity contribution in [2.24, 2.45) is 0 Å². The Morgan fingerprint density at radius 1 is 1.27 bits per heavy atom. The second-order valence-electron chi connectivity index (χ2n) is 3.41. The van der Waals surface area contributed by atoms with E-state index in [-0.39, 0.29) is 5.91 Å². The molecule has 0 saturated carbocycles. The zero-order valence-electron chi connectivity index (χ0n) is 8.33. The van der Waals surface area contributed by atoms with Crippen LogP contribution in [0.3, 0.4) is 0 Å². The van der Waals surface area contributed by atoms with Crippen molar-refractivity contribution in [1.82, 2.24) is 4.90 Å².